The van der Waals surface area contributed by atoms with Gasteiger partial charge in [0.05, 0.1) is 52.9 Å². The summed E-state index contributed by atoms with van der Waals surface area (Å²) in [5, 5.41) is 24.5. The highest BCUT2D eigenvalue weighted by atomic mass is 16.5. The van der Waals surface area contributed by atoms with E-state index in [1.807, 2.05) is 0 Å². The average molecular weight is 226 g/mol. The van der Waals surface area contributed by atoms with Gasteiger partial charge in [-0.3, -0.25) is 0 Å². The van der Waals surface area contributed by atoms with Crippen molar-refractivity contribution in [1.82, 2.24) is 0 Å². The lowest BCUT2D eigenvalue weighted by atomic mass is 10.7. The van der Waals surface area contributed by atoms with Gasteiger partial charge in [0.15, 0.2) is 0 Å². The lowest BCUT2D eigenvalue weighted by molar-refractivity contribution is 0.0222. The first kappa shape index (κ1) is 17.2. The minimum absolute atomic E-state index is 0.0417. The molecule has 6 heteroatoms. The fourth-order valence-electron chi connectivity index (χ4n) is 0.542. The van der Waals surface area contributed by atoms with E-state index in [0.717, 1.165) is 0 Å². The van der Waals surface area contributed by atoms with Crippen molar-refractivity contribution in [2.45, 2.75) is 0 Å². The maximum atomic E-state index is 8.26. The predicted octanol–water partition coefficient (Wildman–Crippen LogP) is -1.37. The second-order valence-electron chi connectivity index (χ2n) is 2.39. The third-order valence-electron chi connectivity index (χ3n) is 1.14. The van der Waals surface area contributed by atoms with Crippen LogP contribution < -0.4 is 0 Å². The molecular formula is C9H22O6. The van der Waals surface area contributed by atoms with Gasteiger partial charge in [-0.05, 0) is 0 Å². The standard InChI is InChI=1S/C6H14O4.C3H8O2/c7-1-3-9-5-6-10-4-2-8;1-5-3-2-4/h7-8H,1-6H2;4H,2-3H2,1H3. The fourth-order valence-corrected chi connectivity index (χ4v) is 0.542. The number of methoxy groups -OCH3 is 1. The Kier molecular flexibility index (Phi) is 22.1. The van der Waals surface area contributed by atoms with Crippen molar-refractivity contribution in [2.24, 2.45) is 0 Å². The zero-order valence-corrected chi connectivity index (χ0v) is 9.22. The van der Waals surface area contributed by atoms with Gasteiger partial charge in [0.2, 0.25) is 0 Å². The molecule has 0 aliphatic heterocycles. The van der Waals surface area contributed by atoms with E-state index in [0.29, 0.717) is 33.0 Å². The molecule has 94 valence electrons. The van der Waals surface area contributed by atoms with Gasteiger partial charge in [0.25, 0.3) is 0 Å². The summed E-state index contributed by atoms with van der Waals surface area (Å²) in [5.41, 5.74) is 0. The molecule has 0 heterocycles. The maximum absolute atomic E-state index is 8.26. The summed E-state index contributed by atoms with van der Waals surface area (Å²) in [6, 6.07) is 0. The molecule has 0 atom stereocenters. The minimum atomic E-state index is 0.0417. The molecule has 0 spiro atoms. The zero-order chi connectivity index (χ0) is 11.8. The van der Waals surface area contributed by atoms with Gasteiger partial charge in [-0.15, -0.1) is 0 Å². The summed E-state index contributed by atoms with van der Waals surface area (Å²) in [7, 11) is 1.55. The Morgan fingerprint density at radius 2 is 1.07 bits per heavy atom. The average Bonchev–Trinajstić information content (AvgIpc) is 2.25. The third kappa shape index (κ3) is 24.8. The zero-order valence-electron chi connectivity index (χ0n) is 9.22. The molecule has 0 aromatic rings. The Labute approximate surface area is 90.4 Å². The van der Waals surface area contributed by atoms with Crippen LogP contribution in [-0.2, 0) is 14.2 Å². The van der Waals surface area contributed by atoms with E-state index in [-0.39, 0.29) is 19.8 Å². The Morgan fingerprint density at radius 1 is 0.667 bits per heavy atom. The van der Waals surface area contributed by atoms with Gasteiger partial charge < -0.3 is 29.5 Å². The number of aliphatic hydroxyl groups excluding tert-OH is 3. The van der Waals surface area contributed by atoms with Gasteiger partial charge in [0, 0.05) is 7.11 Å². The van der Waals surface area contributed by atoms with Crippen molar-refractivity contribution < 1.29 is 29.5 Å². The summed E-state index contributed by atoms with van der Waals surface area (Å²) in [4.78, 5) is 0. The fraction of sp³-hybridized carbons (Fsp3) is 1.00. The van der Waals surface area contributed by atoms with Crippen molar-refractivity contribution in [1.29, 1.82) is 0 Å². The van der Waals surface area contributed by atoms with Crippen LogP contribution >= 0.6 is 0 Å². The summed E-state index contributed by atoms with van der Waals surface area (Å²) in [5.74, 6) is 0. The molecule has 15 heavy (non-hydrogen) atoms. The van der Waals surface area contributed by atoms with Gasteiger partial charge >= 0.3 is 0 Å². The molecule has 0 unspecified atom stereocenters. The molecule has 3 N–H and O–H groups in total. The smallest absolute Gasteiger partial charge is 0.0701 e. The first-order valence-corrected chi connectivity index (χ1v) is 4.80. The Hall–Kier alpha value is -0.240. The van der Waals surface area contributed by atoms with Gasteiger partial charge in [0.1, 0.15) is 0 Å². The quantitative estimate of drug-likeness (QED) is 0.420. The second kappa shape index (κ2) is 19.4. The molecular weight excluding hydrogens is 204 g/mol. The van der Waals surface area contributed by atoms with Crippen LogP contribution in [0, 0.1) is 0 Å². The number of ether oxygens (including phenoxy) is 3. The molecule has 0 aliphatic carbocycles. The topological polar surface area (TPSA) is 88.4 Å². The van der Waals surface area contributed by atoms with E-state index in [9.17, 15) is 0 Å². The Morgan fingerprint density at radius 3 is 1.27 bits per heavy atom. The molecule has 0 aromatic carbocycles. The van der Waals surface area contributed by atoms with Gasteiger partial charge in [-0.2, -0.15) is 0 Å². The largest absolute Gasteiger partial charge is 0.394 e. The molecule has 0 rings (SSSR count). The molecule has 0 aromatic heterocycles. The minimum Gasteiger partial charge on any atom is -0.394 e. The van der Waals surface area contributed by atoms with E-state index < -0.39 is 0 Å². The molecule has 0 saturated carbocycles. The predicted molar refractivity (Wildman–Crippen MR) is 54.8 cm³/mol. The number of hydrogen-bond acceptors (Lipinski definition) is 6. The number of aliphatic hydroxyl groups is 3. The Bertz CT molecular complexity index is 80.7. The van der Waals surface area contributed by atoms with Gasteiger partial charge in [-0.25, -0.2) is 0 Å². The Balaban J connectivity index is 0. The van der Waals surface area contributed by atoms with E-state index in [1.54, 1.807) is 7.11 Å². The molecule has 0 amide bonds. The molecule has 0 fully saturated rings. The molecule has 0 saturated heterocycles. The summed E-state index contributed by atoms with van der Waals surface area (Å²) >= 11 is 0. The lowest BCUT2D eigenvalue weighted by Gasteiger charge is -2.01. The molecule has 0 aliphatic rings. The third-order valence-corrected chi connectivity index (χ3v) is 1.14. The van der Waals surface area contributed by atoms with E-state index in [2.05, 4.69) is 4.74 Å². The molecule has 0 bridgehead atoms. The van der Waals surface area contributed by atoms with E-state index >= 15 is 0 Å². The van der Waals surface area contributed by atoms with Crippen LogP contribution in [-0.4, -0.2) is 75.3 Å². The molecule has 6 nitrogen and oxygen atoms in total. The van der Waals surface area contributed by atoms with E-state index in [1.165, 1.54) is 0 Å². The van der Waals surface area contributed by atoms with E-state index in [4.69, 9.17) is 24.8 Å². The molecule has 0 radical (unpaired) electrons. The highest BCUT2D eigenvalue weighted by molar-refractivity contribution is 4.30. The highest BCUT2D eigenvalue weighted by Crippen LogP contribution is 1.76. The van der Waals surface area contributed by atoms with Crippen LogP contribution in [0.1, 0.15) is 0 Å². The first-order valence-electron chi connectivity index (χ1n) is 4.80. The van der Waals surface area contributed by atoms with Crippen LogP contribution in [0.2, 0.25) is 0 Å². The maximum Gasteiger partial charge on any atom is 0.0701 e. The monoisotopic (exact) mass is 226 g/mol. The van der Waals surface area contributed by atoms with Crippen molar-refractivity contribution in [3.05, 3.63) is 0 Å². The van der Waals surface area contributed by atoms with Gasteiger partial charge in [-0.1, -0.05) is 0 Å². The van der Waals surface area contributed by atoms with Crippen LogP contribution in [0.3, 0.4) is 0 Å². The number of rotatable bonds is 9. The van der Waals surface area contributed by atoms with Crippen LogP contribution in [0.15, 0.2) is 0 Å². The van der Waals surface area contributed by atoms with Crippen molar-refractivity contribution >= 4 is 0 Å². The lowest BCUT2D eigenvalue weighted by Crippen LogP contribution is -2.09. The first-order chi connectivity index (χ1) is 7.33. The normalized spacial score (nSPS) is 9.60. The van der Waals surface area contributed by atoms with Crippen molar-refractivity contribution in [3.63, 3.8) is 0 Å². The summed E-state index contributed by atoms with van der Waals surface area (Å²) < 4.78 is 14.2. The number of hydrogen-bond donors (Lipinski definition) is 3. The van der Waals surface area contributed by atoms with Crippen LogP contribution in [0.25, 0.3) is 0 Å². The summed E-state index contributed by atoms with van der Waals surface area (Å²) in [6.45, 7) is 2.29. The summed E-state index contributed by atoms with van der Waals surface area (Å²) in [6.07, 6.45) is 0. The highest BCUT2D eigenvalue weighted by Gasteiger charge is 1.86. The van der Waals surface area contributed by atoms with Crippen molar-refractivity contribution in [2.75, 3.05) is 60.0 Å². The SMILES string of the molecule is COCCO.OCCOCCOCCO. The van der Waals surface area contributed by atoms with Crippen molar-refractivity contribution in [3.8, 4) is 0 Å². The second-order valence-corrected chi connectivity index (χ2v) is 2.39. The van der Waals surface area contributed by atoms with Crippen LogP contribution in [0.5, 0.6) is 0 Å². The van der Waals surface area contributed by atoms with Crippen LogP contribution in [0.4, 0.5) is 0 Å².